The summed E-state index contributed by atoms with van der Waals surface area (Å²) < 4.78 is 28.9. The number of hydrogen-bond donors (Lipinski definition) is 3. The van der Waals surface area contributed by atoms with Crippen molar-refractivity contribution in [2.24, 2.45) is 5.41 Å². The van der Waals surface area contributed by atoms with Gasteiger partial charge in [0.05, 0.1) is 11.9 Å². The number of carbonyl (C=O) groups excluding carboxylic acids is 1. The van der Waals surface area contributed by atoms with Crippen LogP contribution >= 0.6 is 0 Å². The minimum Gasteiger partial charge on any atom is -0.479 e. The summed E-state index contributed by atoms with van der Waals surface area (Å²) >= 11 is 0. The molecular formula is C13H25NO7S. The standard InChI is InChI=1S/C13H25NO7S/c1-5-10(13(3,4)11(16)12(17)18)21-22(19,20)8-6-7-14-9(2)15/h10-11,16H,5-8H2,1-4H3,(H,14,15)(H,17,18)/t10?,11-/m0/s1. The Morgan fingerprint density at radius 2 is 1.86 bits per heavy atom. The first-order chi connectivity index (χ1) is 9.94. The number of amides is 1. The lowest BCUT2D eigenvalue weighted by Crippen LogP contribution is -2.46. The molecule has 0 aromatic heterocycles. The molecule has 0 rings (SSSR count). The molecule has 0 aromatic rings. The van der Waals surface area contributed by atoms with Crippen molar-refractivity contribution in [3.63, 3.8) is 0 Å². The highest BCUT2D eigenvalue weighted by molar-refractivity contribution is 7.86. The molecule has 0 aliphatic carbocycles. The van der Waals surface area contributed by atoms with Gasteiger partial charge in [-0.3, -0.25) is 8.98 Å². The Hall–Kier alpha value is -1.19. The van der Waals surface area contributed by atoms with Crippen molar-refractivity contribution in [3.05, 3.63) is 0 Å². The van der Waals surface area contributed by atoms with Gasteiger partial charge < -0.3 is 15.5 Å². The topological polar surface area (TPSA) is 130 Å². The fourth-order valence-electron chi connectivity index (χ4n) is 1.95. The van der Waals surface area contributed by atoms with Gasteiger partial charge in [-0.25, -0.2) is 4.79 Å². The van der Waals surface area contributed by atoms with Crippen LogP contribution in [0.4, 0.5) is 0 Å². The Balaban J connectivity index is 4.77. The van der Waals surface area contributed by atoms with Crippen LogP contribution in [0.5, 0.6) is 0 Å². The summed E-state index contributed by atoms with van der Waals surface area (Å²) in [5.41, 5.74) is -1.27. The van der Waals surface area contributed by atoms with E-state index in [2.05, 4.69) is 5.32 Å². The molecule has 0 fully saturated rings. The molecule has 1 unspecified atom stereocenters. The molecule has 0 aromatic carbocycles. The third-order valence-electron chi connectivity index (χ3n) is 3.35. The fraction of sp³-hybridized carbons (Fsp3) is 0.846. The Morgan fingerprint density at radius 3 is 2.27 bits per heavy atom. The molecule has 22 heavy (non-hydrogen) atoms. The molecule has 0 heterocycles. The lowest BCUT2D eigenvalue weighted by molar-refractivity contribution is -0.157. The number of aliphatic carboxylic acids is 1. The highest BCUT2D eigenvalue weighted by Crippen LogP contribution is 2.31. The van der Waals surface area contributed by atoms with Crippen molar-refractivity contribution in [2.75, 3.05) is 12.3 Å². The molecule has 0 aliphatic rings. The van der Waals surface area contributed by atoms with E-state index in [1.807, 2.05) is 0 Å². The zero-order chi connectivity index (χ0) is 17.6. The molecular weight excluding hydrogens is 314 g/mol. The summed E-state index contributed by atoms with van der Waals surface area (Å²) in [6, 6.07) is 0. The number of carbonyl (C=O) groups is 2. The van der Waals surface area contributed by atoms with E-state index in [4.69, 9.17) is 9.29 Å². The molecule has 1 amide bonds. The Bertz CT molecular complexity index is 487. The Kier molecular flexibility index (Phi) is 7.99. The Morgan fingerprint density at radius 1 is 1.32 bits per heavy atom. The van der Waals surface area contributed by atoms with Crippen LogP contribution in [0.25, 0.3) is 0 Å². The molecule has 0 aliphatic heterocycles. The van der Waals surface area contributed by atoms with Gasteiger partial charge in [-0.1, -0.05) is 20.8 Å². The smallest absolute Gasteiger partial charge is 0.333 e. The first-order valence-corrected chi connectivity index (χ1v) is 8.58. The molecule has 3 N–H and O–H groups in total. The first-order valence-electron chi connectivity index (χ1n) is 7.00. The number of carboxylic acid groups (broad SMARTS) is 1. The monoisotopic (exact) mass is 339 g/mol. The summed E-state index contributed by atoms with van der Waals surface area (Å²) in [7, 11) is -3.89. The number of rotatable bonds is 10. The second-order valence-corrected chi connectivity index (χ2v) is 7.37. The molecule has 0 saturated heterocycles. The quantitative estimate of drug-likeness (QED) is 0.380. The van der Waals surface area contributed by atoms with Crippen LogP contribution in [0.2, 0.25) is 0 Å². The van der Waals surface area contributed by atoms with E-state index in [0.29, 0.717) is 0 Å². The molecule has 130 valence electrons. The lowest BCUT2D eigenvalue weighted by Gasteiger charge is -2.35. The van der Waals surface area contributed by atoms with E-state index in [-0.39, 0.29) is 31.0 Å². The Labute approximate surface area is 131 Å². The third kappa shape index (κ3) is 6.71. The van der Waals surface area contributed by atoms with Crippen molar-refractivity contribution in [1.82, 2.24) is 5.32 Å². The van der Waals surface area contributed by atoms with Gasteiger partial charge in [0, 0.05) is 18.9 Å². The van der Waals surface area contributed by atoms with Crippen LogP contribution in [-0.4, -0.2) is 55.0 Å². The van der Waals surface area contributed by atoms with Gasteiger partial charge in [-0.15, -0.1) is 0 Å². The fourth-order valence-corrected chi connectivity index (χ4v) is 3.28. The SMILES string of the molecule is CCC(OS(=O)(=O)CCCNC(C)=O)C(C)(C)[C@@H](O)C(=O)O. The average molecular weight is 339 g/mol. The molecule has 0 bridgehead atoms. The minimum absolute atomic E-state index is 0.181. The molecule has 9 heteroatoms. The van der Waals surface area contributed by atoms with Gasteiger partial charge in [0.2, 0.25) is 5.91 Å². The van der Waals surface area contributed by atoms with E-state index < -0.39 is 33.7 Å². The summed E-state index contributed by atoms with van der Waals surface area (Å²) in [5, 5.41) is 21.1. The van der Waals surface area contributed by atoms with Crippen LogP contribution < -0.4 is 5.32 Å². The average Bonchev–Trinajstić information content (AvgIpc) is 2.39. The predicted molar refractivity (Wildman–Crippen MR) is 79.7 cm³/mol. The molecule has 0 saturated carbocycles. The van der Waals surface area contributed by atoms with Gasteiger partial charge in [0.1, 0.15) is 0 Å². The number of nitrogens with one attached hydrogen (secondary N) is 1. The van der Waals surface area contributed by atoms with Gasteiger partial charge >= 0.3 is 5.97 Å². The largest absolute Gasteiger partial charge is 0.479 e. The highest BCUT2D eigenvalue weighted by atomic mass is 32.2. The van der Waals surface area contributed by atoms with Crippen LogP contribution in [0, 0.1) is 5.41 Å². The molecule has 8 nitrogen and oxygen atoms in total. The second kappa shape index (κ2) is 8.44. The number of aliphatic hydroxyl groups is 1. The van der Waals surface area contributed by atoms with E-state index in [1.54, 1.807) is 6.92 Å². The maximum Gasteiger partial charge on any atom is 0.333 e. The van der Waals surface area contributed by atoms with Crippen LogP contribution in [0.1, 0.15) is 40.5 Å². The molecule has 0 radical (unpaired) electrons. The van der Waals surface area contributed by atoms with Crippen molar-refractivity contribution in [2.45, 2.75) is 52.7 Å². The van der Waals surface area contributed by atoms with E-state index in [1.165, 1.54) is 20.8 Å². The van der Waals surface area contributed by atoms with Gasteiger partial charge in [0.25, 0.3) is 10.1 Å². The van der Waals surface area contributed by atoms with Crippen molar-refractivity contribution < 1.29 is 32.4 Å². The van der Waals surface area contributed by atoms with Crippen LogP contribution in [-0.2, 0) is 23.9 Å². The second-order valence-electron chi connectivity index (χ2n) is 5.65. The maximum absolute atomic E-state index is 11.9. The molecule has 2 atom stereocenters. The normalized spacial score (nSPS) is 15.1. The highest BCUT2D eigenvalue weighted by Gasteiger charge is 2.42. The predicted octanol–water partition coefficient (Wildman–Crippen LogP) is 0.109. The van der Waals surface area contributed by atoms with Crippen molar-refractivity contribution >= 4 is 22.0 Å². The van der Waals surface area contributed by atoms with E-state index >= 15 is 0 Å². The van der Waals surface area contributed by atoms with Crippen molar-refractivity contribution in [3.8, 4) is 0 Å². The third-order valence-corrected chi connectivity index (χ3v) is 4.66. The number of hydrogen-bond acceptors (Lipinski definition) is 6. The summed E-state index contributed by atoms with van der Waals surface area (Å²) in [6.45, 7) is 6.05. The zero-order valence-electron chi connectivity index (χ0n) is 13.3. The van der Waals surface area contributed by atoms with E-state index in [0.717, 1.165) is 0 Å². The summed E-state index contributed by atoms with van der Waals surface area (Å²) in [4.78, 5) is 21.6. The van der Waals surface area contributed by atoms with Gasteiger partial charge in [-0.05, 0) is 12.8 Å². The zero-order valence-corrected chi connectivity index (χ0v) is 14.1. The van der Waals surface area contributed by atoms with Crippen LogP contribution in [0.15, 0.2) is 0 Å². The number of aliphatic hydroxyl groups excluding tert-OH is 1. The lowest BCUT2D eigenvalue weighted by atomic mass is 9.79. The summed E-state index contributed by atoms with van der Waals surface area (Å²) in [5.74, 6) is -1.99. The van der Waals surface area contributed by atoms with E-state index in [9.17, 15) is 23.1 Å². The van der Waals surface area contributed by atoms with Crippen molar-refractivity contribution in [1.29, 1.82) is 0 Å². The first kappa shape index (κ1) is 20.8. The summed E-state index contributed by atoms with van der Waals surface area (Å²) in [6.07, 6.45) is -2.31. The van der Waals surface area contributed by atoms with Crippen LogP contribution in [0.3, 0.4) is 0 Å². The van der Waals surface area contributed by atoms with Gasteiger partial charge in [-0.2, -0.15) is 8.42 Å². The minimum atomic E-state index is -3.89. The van der Waals surface area contributed by atoms with Gasteiger partial charge in [0.15, 0.2) is 6.10 Å². The molecule has 0 spiro atoms. The number of carboxylic acids is 1. The maximum atomic E-state index is 11.9.